The summed E-state index contributed by atoms with van der Waals surface area (Å²) in [4.78, 5) is 16.6. The number of carbonyl (C=O) groups excluding carboxylic acids is 1. The van der Waals surface area contributed by atoms with Crippen LogP contribution in [0.2, 0.25) is 0 Å². The molecule has 0 saturated carbocycles. The summed E-state index contributed by atoms with van der Waals surface area (Å²) >= 11 is 0. The van der Waals surface area contributed by atoms with Gasteiger partial charge in [-0.2, -0.15) is 0 Å². The van der Waals surface area contributed by atoms with Gasteiger partial charge >= 0.3 is 0 Å². The smallest absolute Gasteiger partial charge is 0.241 e. The Labute approximate surface area is 121 Å². The van der Waals surface area contributed by atoms with E-state index in [9.17, 15) is 4.79 Å². The van der Waals surface area contributed by atoms with Crippen molar-refractivity contribution < 1.29 is 9.90 Å². The summed E-state index contributed by atoms with van der Waals surface area (Å²) in [6.07, 6.45) is 1.65. The highest BCUT2D eigenvalue weighted by Crippen LogP contribution is 2.31. The molecule has 0 aromatic heterocycles. The molecule has 110 valence electrons. The molecule has 0 bridgehead atoms. The van der Waals surface area contributed by atoms with Gasteiger partial charge < -0.3 is 10.0 Å². The average Bonchev–Trinajstić information content (AvgIpc) is 2.79. The third-order valence-corrected chi connectivity index (χ3v) is 3.91. The van der Waals surface area contributed by atoms with Crippen LogP contribution in [0.15, 0.2) is 24.3 Å². The Hall–Kier alpha value is -1.39. The number of para-hydroxylation sites is 1. The van der Waals surface area contributed by atoms with Crippen molar-refractivity contribution in [2.45, 2.75) is 32.7 Å². The molecule has 4 heteroatoms. The van der Waals surface area contributed by atoms with Gasteiger partial charge in [0.1, 0.15) is 0 Å². The van der Waals surface area contributed by atoms with Crippen LogP contribution < -0.4 is 4.90 Å². The van der Waals surface area contributed by atoms with Crippen LogP contribution in [-0.4, -0.2) is 48.2 Å². The fraction of sp³-hybridized carbons (Fsp3) is 0.562. The molecule has 1 atom stereocenters. The molecule has 1 aromatic carbocycles. The van der Waals surface area contributed by atoms with Crippen LogP contribution in [0, 0.1) is 0 Å². The topological polar surface area (TPSA) is 43.8 Å². The van der Waals surface area contributed by atoms with Crippen LogP contribution in [0.25, 0.3) is 0 Å². The molecule has 1 N–H and O–H groups in total. The molecule has 0 fully saturated rings. The van der Waals surface area contributed by atoms with E-state index in [1.165, 1.54) is 5.56 Å². The zero-order valence-electron chi connectivity index (χ0n) is 12.4. The van der Waals surface area contributed by atoms with Gasteiger partial charge in [0, 0.05) is 24.9 Å². The predicted octanol–water partition coefficient (Wildman–Crippen LogP) is 1.67. The normalized spacial score (nSPS) is 17.6. The van der Waals surface area contributed by atoms with Crippen molar-refractivity contribution >= 4 is 11.6 Å². The maximum atomic E-state index is 12.6. The molecule has 0 spiro atoms. The molecular formula is C16H24N2O2. The fourth-order valence-corrected chi connectivity index (χ4v) is 2.86. The highest BCUT2D eigenvalue weighted by molar-refractivity contribution is 5.97. The number of likely N-dealkylation sites (N-methyl/N-ethyl adjacent to an activating group) is 1. The van der Waals surface area contributed by atoms with E-state index in [-0.39, 0.29) is 18.6 Å². The van der Waals surface area contributed by atoms with Crippen molar-refractivity contribution in [1.82, 2.24) is 4.90 Å². The highest BCUT2D eigenvalue weighted by Gasteiger charge is 2.30. The van der Waals surface area contributed by atoms with Gasteiger partial charge in [-0.05, 0) is 37.9 Å². The van der Waals surface area contributed by atoms with E-state index in [0.29, 0.717) is 13.0 Å². The van der Waals surface area contributed by atoms with Gasteiger partial charge in [0.2, 0.25) is 5.91 Å². The van der Waals surface area contributed by atoms with Crippen molar-refractivity contribution in [3.8, 4) is 0 Å². The summed E-state index contributed by atoms with van der Waals surface area (Å²) < 4.78 is 0. The molecule has 1 aliphatic heterocycles. The number of carbonyl (C=O) groups is 1. The number of benzene rings is 1. The monoisotopic (exact) mass is 276 g/mol. The molecule has 1 aliphatic rings. The Kier molecular flexibility index (Phi) is 5.15. The molecule has 1 amide bonds. The lowest BCUT2D eigenvalue weighted by Crippen LogP contribution is -2.43. The third kappa shape index (κ3) is 3.19. The molecule has 4 nitrogen and oxygen atoms in total. The number of nitrogens with zero attached hydrogens (tertiary/aromatic N) is 2. The van der Waals surface area contributed by atoms with E-state index in [1.807, 2.05) is 30.0 Å². The van der Waals surface area contributed by atoms with Crippen LogP contribution in [0.4, 0.5) is 5.69 Å². The van der Waals surface area contributed by atoms with E-state index in [2.05, 4.69) is 17.9 Å². The number of amides is 1. The number of hydrogen-bond acceptors (Lipinski definition) is 3. The molecule has 1 unspecified atom stereocenters. The average molecular weight is 276 g/mol. The van der Waals surface area contributed by atoms with Gasteiger partial charge in [-0.1, -0.05) is 25.1 Å². The van der Waals surface area contributed by atoms with Crippen LogP contribution in [0.3, 0.4) is 0 Å². The molecule has 0 saturated heterocycles. The van der Waals surface area contributed by atoms with Crippen molar-refractivity contribution in [3.63, 3.8) is 0 Å². The van der Waals surface area contributed by atoms with Crippen molar-refractivity contribution in [3.05, 3.63) is 29.8 Å². The summed E-state index contributed by atoms with van der Waals surface area (Å²) in [5.74, 6) is 0.155. The molecule has 2 rings (SSSR count). The van der Waals surface area contributed by atoms with E-state index in [0.717, 1.165) is 25.2 Å². The van der Waals surface area contributed by atoms with Crippen molar-refractivity contribution in [1.29, 1.82) is 0 Å². The van der Waals surface area contributed by atoms with Gasteiger partial charge in [-0.25, -0.2) is 0 Å². The number of aliphatic hydroxyl groups excluding tert-OH is 1. The second kappa shape index (κ2) is 6.86. The van der Waals surface area contributed by atoms with Gasteiger partial charge in [-0.3, -0.25) is 9.69 Å². The molecule has 1 aromatic rings. The second-order valence-corrected chi connectivity index (χ2v) is 5.39. The minimum Gasteiger partial charge on any atom is -0.396 e. The van der Waals surface area contributed by atoms with E-state index in [4.69, 9.17) is 5.11 Å². The quantitative estimate of drug-likeness (QED) is 0.859. The lowest BCUT2D eigenvalue weighted by Gasteiger charge is -2.27. The first-order chi connectivity index (χ1) is 9.67. The number of aliphatic hydroxyl groups is 1. The summed E-state index contributed by atoms with van der Waals surface area (Å²) in [6, 6.07) is 8.37. The fourth-order valence-electron chi connectivity index (χ4n) is 2.86. The van der Waals surface area contributed by atoms with E-state index >= 15 is 0 Å². The summed E-state index contributed by atoms with van der Waals surface area (Å²) in [7, 11) is 0. The largest absolute Gasteiger partial charge is 0.396 e. The number of rotatable bonds is 6. The molecule has 0 radical (unpaired) electrons. The molecule has 1 heterocycles. The van der Waals surface area contributed by atoms with E-state index < -0.39 is 0 Å². The first kappa shape index (κ1) is 15.0. The maximum absolute atomic E-state index is 12.6. The third-order valence-electron chi connectivity index (χ3n) is 3.91. The molecule has 0 aliphatic carbocycles. The van der Waals surface area contributed by atoms with Crippen LogP contribution in [0.5, 0.6) is 0 Å². The van der Waals surface area contributed by atoms with Crippen LogP contribution in [0.1, 0.15) is 25.8 Å². The zero-order valence-corrected chi connectivity index (χ0v) is 12.4. The number of anilines is 1. The minimum atomic E-state index is 0.155. The summed E-state index contributed by atoms with van der Waals surface area (Å²) in [6.45, 7) is 6.34. The maximum Gasteiger partial charge on any atom is 0.241 e. The van der Waals surface area contributed by atoms with Crippen molar-refractivity contribution in [2.75, 3.05) is 31.1 Å². The first-order valence-corrected chi connectivity index (χ1v) is 7.40. The Balaban J connectivity index is 2.05. The first-order valence-electron chi connectivity index (χ1n) is 7.40. The highest BCUT2D eigenvalue weighted by atomic mass is 16.3. The Morgan fingerprint density at radius 2 is 2.20 bits per heavy atom. The number of hydrogen-bond donors (Lipinski definition) is 1. The van der Waals surface area contributed by atoms with E-state index in [1.54, 1.807) is 0 Å². The van der Waals surface area contributed by atoms with Gasteiger partial charge in [0.25, 0.3) is 0 Å². The lowest BCUT2D eigenvalue weighted by atomic mass is 10.1. The summed E-state index contributed by atoms with van der Waals surface area (Å²) in [5.41, 5.74) is 2.31. The predicted molar refractivity (Wildman–Crippen MR) is 80.9 cm³/mol. The Morgan fingerprint density at radius 1 is 1.45 bits per heavy atom. The van der Waals surface area contributed by atoms with Gasteiger partial charge in [0.05, 0.1) is 6.54 Å². The minimum absolute atomic E-state index is 0.155. The van der Waals surface area contributed by atoms with Crippen LogP contribution >= 0.6 is 0 Å². The van der Waals surface area contributed by atoms with Crippen LogP contribution in [-0.2, 0) is 11.2 Å². The SMILES string of the molecule is CCN(CCCO)CC(=O)N1c2ccccc2CC1C. The Morgan fingerprint density at radius 3 is 2.90 bits per heavy atom. The molecular weight excluding hydrogens is 252 g/mol. The van der Waals surface area contributed by atoms with Gasteiger partial charge in [-0.15, -0.1) is 0 Å². The second-order valence-electron chi connectivity index (χ2n) is 5.39. The number of fused-ring (bicyclic) bond motifs is 1. The van der Waals surface area contributed by atoms with Gasteiger partial charge in [0.15, 0.2) is 0 Å². The standard InChI is InChI=1S/C16H24N2O2/c1-3-17(9-6-10-19)12-16(20)18-13(2)11-14-7-4-5-8-15(14)18/h4-5,7-8,13,19H,3,6,9-12H2,1-2H3. The molecule has 20 heavy (non-hydrogen) atoms. The lowest BCUT2D eigenvalue weighted by molar-refractivity contribution is -0.120. The zero-order chi connectivity index (χ0) is 14.5. The van der Waals surface area contributed by atoms with Crippen molar-refractivity contribution in [2.24, 2.45) is 0 Å². The Bertz CT molecular complexity index is 462. The summed E-state index contributed by atoms with van der Waals surface area (Å²) in [5, 5.41) is 8.91.